The number of hydrogen-bond donors (Lipinski definition) is 1. The van der Waals surface area contributed by atoms with E-state index in [1.807, 2.05) is 6.92 Å². The molecule has 7 nitrogen and oxygen atoms in total. The lowest BCUT2D eigenvalue weighted by molar-refractivity contribution is -0.139. The predicted molar refractivity (Wildman–Crippen MR) is 164 cm³/mol. The zero-order valence-electron chi connectivity index (χ0n) is 22.8. The van der Waals surface area contributed by atoms with Crippen LogP contribution >= 0.6 is 34.8 Å². The highest BCUT2D eigenvalue weighted by Crippen LogP contribution is 2.29. The van der Waals surface area contributed by atoms with Crippen molar-refractivity contribution in [2.45, 2.75) is 63.1 Å². The first-order valence-electron chi connectivity index (χ1n) is 13.3. The van der Waals surface area contributed by atoms with Crippen molar-refractivity contribution in [1.29, 1.82) is 0 Å². The van der Waals surface area contributed by atoms with Crippen LogP contribution < -0.4 is 9.62 Å². The van der Waals surface area contributed by atoms with Gasteiger partial charge in [-0.2, -0.15) is 0 Å². The number of benzene rings is 3. The number of halogens is 3. The summed E-state index contributed by atoms with van der Waals surface area (Å²) in [7, 11) is -4.20. The molecule has 1 N–H and O–H groups in total. The standard InChI is InChI=1S/C30H32Cl3N3O4S/c1-20-13-15-25(16-14-20)41(39,40)36(24-10-5-7-22(31)17-24)19-29(37)35(18-26-27(32)11-6-12-28(26)33)21(2)30(38)34-23-8-3-4-9-23/h5-7,10-17,21,23H,3-4,8-9,18-19H2,1-2H3,(H,34,38)/t21-/m1/s1. The average molecular weight is 637 g/mol. The fraction of sp³-hybridized carbons (Fsp3) is 0.333. The lowest BCUT2D eigenvalue weighted by Gasteiger charge is -2.33. The Kier molecular flexibility index (Phi) is 10.2. The monoisotopic (exact) mass is 635 g/mol. The summed E-state index contributed by atoms with van der Waals surface area (Å²) < 4.78 is 28.8. The van der Waals surface area contributed by atoms with E-state index in [0.29, 0.717) is 20.6 Å². The third-order valence-electron chi connectivity index (χ3n) is 7.24. The first kappa shape index (κ1) is 31.2. The van der Waals surface area contributed by atoms with E-state index in [9.17, 15) is 18.0 Å². The third-order valence-corrected chi connectivity index (χ3v) is 9.97. The van der Waals surface area contributed by atoms with Crippen LogP contribution in [0.3, 0.4) is 0 Å². The summed E-state index contributed by atoms with van der Waals surface area (Å²) in [6.07, 6.45) is 3.81. The normalized spacial score (nSPS) is 14.5. The van der Waals surface area contributed by atoms with E-state index in [2.05, 4.69) is 5.32 Å². The topological polar surface area (TPSA) is 86.8 Å². The zero-order valence-corrected chi connectivity index (χ0v) is 25.9. The second kappa shape index (κ2) is 13.5. The molecule has 1 saturated carbocycles. The van der Waals surface area contributed by atoms with Crippen LogP contribution in [0.25, 0.3) is 0 Å². The Morgan fingerprint density at radius 1 is 0.951 bits per heavy atom. The Hall–Kier alpha value is -2.78. The number of rotatable bonds is 10. The first-order chi connectivity index (χ1) is 19.5. The third kappa shape index (κ3) is 7.55. The number of amides is 2. The Morgan fingerprint density at radius 3 is 2.17 bits per heavy atom. The average Bonchev–Trinajstić information content (AvgIpc) is 3.44. The van der Waals surface area contributed by atoms with Crippen LogP contribution in [-0.4, -0.2) is 43.8 Å². The van der Waals surface area contributed by atoms with Gasteiger partial charge in [-0.25, -0.2) is 8.42 Å². The van der Waals surface area contributed by atoms with Crippen LogP contribution in [-0.2, 0) is 26.2 Å². The second-order valence-electron chi connectivity index (χ2n) is 10.2. The van der Waals surface area contributed by atoms with Gasteiger partial charge >= 0.3 is 0 Å². The summed E-state index contributed by atoms with van der Waals surface area (Å²) in [5.41, 5.74) is 1.56. The number of nitrogens with one attached hydrogen (secondary N) is 1. The van der Waals surface area contributed by atoms with Gasteiger partial charge in [0.25, 0.3) is 10.0 Å². The van der Waals surface area contributed by atoms with Crippen LogP contribution in [0.4, 0.5) is 5.69 Å². The smallest absolute Gasteiger partial charge is 0.264 e. The highest BCUT2D eigenvalue weighted by Gasteiger charge is 2.34. The highest BCUT2D eigenvalue weighted by atomic mass is 35.5. The fourth-order valence-electron chi connectivity index (χ4n) is 4.83. The summed E-state index contributed by atoms with van der Waals surface area (Å²) in [4.78, 5) is 28.7. The van der Waals surface area contributed by atoms with Crippen LogP contribution in [0.2, 0.25) is 15.1 Å². The molecule has 0 aromatic heterocycles. The summed E-state index contributed by atoms with van der Waals surface area (Å²) in [5.74, 6) is -0.935. The van der Waals surface area contributed by atoms with Gasteiger partial charge in [0, 0.05) is 33.2 Å². The molecule has 0 spiro atoms. The molecule has 0 aliphatic heterocycles. The molecule has 41 heavy (non-hydrogen) atoms. The van der Waals surface area contributed by atoms with Gasteiger partial charge in [-0.1, -0.05) is 77.5 Å². The first-order valence-corrected chi connectivity index (χ1v) is 15.9. The zero-order chi connectivity index (χ0) is 29.7. The molecule has 0 heterocycles. The largest absolute Gasteiger partial charge is 0.352 e. The molecule has 2 amide bonds. The van der Waals surface area contributed by atoms with Gasteiger partial charge in [0.05, 0.1) is 10.6 Å². The van der Waals surface area contributed by atoms with E-state index in [0.717, 1.165) is 35.6 Å². The SMILES string of the molecule is Cc1ccc(S(=O)(=O)N(CC(=O)N(Cc2c(Cl)cccc2Cl)[C@H](C)C(=O)NC2CCCC2)c2cccc(Cl)c2)cc1. The van der Waals surface area contributed by atoms with E-state index in [1.54, 1.807) is 55.5 Å². The predicted octanol–water partition coefficient (Wildman–Crippen LogP) is 6.63. The number of aryl methyl sites for hydroxylation is 1. The van der Waals surface area contributed by atoms with Gasteiger partial charge in [0.1, 0.15) is 12.6 Å². The molecular weight excluding hydrogens is 605 g/mol. The fourth-order valence-corrected chi connectivity index (χ4v) is 6.93. The molecule has 0 unspecified atom stereocenters. The van der Waals surface area contributed by atoms with Crippen molar-refractivity contribution >= 4 is 62.3 Å². The molecule has 11 heteroatoms. The summed E-state index contributed by atoms with van der Waals surface area (Å²) in [5, 5.41) is 4.01. The van der Waals surface area contributed by atoms with Crippen molar-refractivity contribution < 1.29 is 18.0 Å². The van der Waals surface area contributed by atoms with Crippen molar-refractivity contribution in [2.24, 2.45) is 0 Å². The molecule has 0 bridgehead atoms. The lowest BCUT2D eigenvalue weighted by Crippen LogP contribution is -2.52. The maximum absolute atomic E-state index is 14.1. The van der Waals surface area contributed by atoms with Gasteiger partial charge in [-0.15, -0.1) is 0 Å². The molecular formula is C30H32Cl3N3O4S. The molecule has 1 atom stereocenters. The van der Waals surface area contributed by atoms with Crippen LogP contribution in [0.15, 0.2) is 71.6 Å². The van der Waals surface area contributed by atoms with Crippen LogP contribution in [0, 0.1) is 6.92 Å². The summed E-state index contributed by atoms with van der Waals surface area (Å²) in [6, 6.07) is 16.7. The summed E-state index contributed by atoms with van der Waals surface area (Å²) in [6.45, 7) is 2.79. The maximum Gasteiger partial charge on any atom is 0.264 e. The van der Waals surface area contributed by atoms with Crippen molar-refractivity contribution in [3.05, 3.63) is 92.9 Å². The second-order valence-corrected chi connectivity index (χ2v) is 13.3. The molecule has 218 valence electrons. The van der Waals surface area contributed by atoms with Crippen molar-refractivity contribution in [3.63, 3.8) is 0 Å². The van der Waals surface area contributed by atoms with E-state index in [1.165, 1.54) is 23.1 Å². The van der Waals surface area contributed by atoms with E-state index in [4.69, 9.17) is 34.8 Å². The van der Waals surface area contributed by atoms with Crippen LogP contribution in [0.1, 0.15) is 43.7 Å². The van der Waals surface area contributed by atoms with Gasteiger partial charge < -0.3 is 10.2 Å². The maximum atomic E-state index is 14.1. The number of carbonyl (C=O) groups is 2. The van der Waals surface area contributed by atoms with Crippen molar-refractivity contribution in [1.82, 2.24) is 10.2 Å². The number of anilines is 1. The number of sulfonamides is 1. The van der Waals surface area contributed by atoms with Gasteiger partial charge in [0.2, 0.25) is 11.8 Å². The van der Waals surface area contributed by atoms with Crippen molar-refractivity contribution in [3.8, 4) is 0 Å². The van der Waals surface area contributed by atoms with Crippen LogP contribution in [0.5, 0.6) is 0 Å². The molecule has 0 saturated heterocycles. The molecule has 1 aliphatic rings. The van der Waals surface area contributed by atoms with Gasteiger partial charge in [0.15, 0.2) is 0 Å². The number of hydrogen-bond acceptors (Lipinski definition) is 4. The molecule has 3 aromatic carbocycles. The molecule has 4 rings (SSSR count). The molecule has 3 aromatic rings. The Labute approximate surface area is 256 Å². The molecule has 1 aliphatic carbocycles. The lowest BCUT2D eigenvalue weighted by atomic mass is 10.1. The minimum absolute atomic E-state index is 0.0172. The Morgan fingerprint density at radius 2 is 1.56 bits per heavy atom. The summed E-state index contributed by atoms with van der Waals surface area (Å²) >= 11 is 19.1. The van der Waals surface area contributed by atoms with E-state index >= 15 is 0 Å². The van der Waals surface area contributed by atoms with E-state index < -0.39 is 28.5 Å². The quantitative estimate of drug-likeness (QED) is 0.271. The number of nitrogens with zero attached hydrogens (tertiary/aromatic N) is 2. The Balaban J connectivity index is 1.72. The molecule has 1 fully saturated rings. The molecule has 0 radical (unpaired) electrons. The minimum atomic E-state index is -4.20. The number of carbonyl (C=O) groups excluding carboxylic acids is 2. The highest BCUT2D eigenvalue weighted by molar-refractivity contribution is 7.92. The van der Waals surface area contributed by atoms with E-state index in [-0.39, 0.29) is 29.1 Å². The Bertz CT molecular complexity index is 1490. The van der Waals surface area contributed by atoms with Gasteiger partial charge in [-0.3, -0.25) is 13.9 Å². The van der Waals surface area contributed by atoms with Gasteiger partial charge in [-0.05, 0) is 69.2 Å². The minimum Gasteiger partial charge on any atom is -0.352 e. The van der Waals surface area contributed by atoms with Crippen molar-refractivity contribution in [2.75, 3.05) is 10.8 Å².